The molecule has 1 unspecified atom stereocenters. The summed E-state index contributed by atoms with van der Waals surface area (Å²) < 4.78 is 25.1. The Kier molecular flexibility index (Phi) is 9.25. The third kappa shape index (κ3) is 6.57. The van der Waals surface area contributed by atoms with Crippen LogP contribution in [0.15, 0.2) is 29.3 Å². The molecule has 1 aromatic rings. The van der Waals surface area contributed by atoms with Crippen LogP contribution < -0.4 is 10.6 Å². The SMILES string of the molecule is CN=C(NCCCOCC1CCOC1)NCC1(c2ccccc2F)CC1.I. The van der Waals surface area contributed by atoms with Gasteiger partial charge in [-0.3, -0.25) is 4.99 Å². The Hall–Kier alpha value is -0.930. The van der Waals surface area contributed by atoms with Gasteiger partial charge >= 0.3 is 0 Å². The zero-order chi connectivity index (χ0) is 18.2. The molecule has 1 saturated heterocycles. The van der Waals surface area contributed by atoms with E-state index in [-0.39, 0.29) is 35.2 Å². The normalized spacial score (nSPS) is 20.8. The van der Waals surface area contributed by atoms with Gasteiger partial charge in [0.1, 0.15) is 5.82 Å². The number of guanidine groups is 1. The number of benzene rings is 1. The maximum atomic E-state index is 14.1. The maximum Gasteiger partial charge on any atom is 0.191 e. The van der Waals surface area contributed by atoms with Crippen molar-refractivity contribution in [3.8, 4) is 0 Å². The first-order chi connectivity index (χ1) is 12.7. The molecule has 27 heavy (non-hydrogen) atoms. The molecule has 0 bridgehead atoms. The van der Waals surface area contributed by atoms with Crippen molar-refractivity contribution in [1.29, 1.82) is 0 Å². The van der Waals surface area contributed by atoms with Gasteiger partial charge in [0, 0.05) is 44.7 Å². The highest BCUT2D eigenvalue weighted by Gasteiger charge is 2.45. The van der Waals surface area contributed by atoms with E-state index in [9.17, 15) is 4.39 Å². The minimum Gasteiger partial charge on any atom is -0.381 e. The van der Waals surface area contributed by atoms with Crippen LogP contribution in [-0.2, 0) is 14.9 Å². The monoisotopic (exact) mass is 491 g/mol. The zero-order valence-corrected chi connectivity index (χ0v) is 18.3. The topological polar surface area (TPSA) is 54.9 Å². The van der Waals surface area contributed by atoms with E-state index in [1.807, 2.05) is 12.1 Å². The molecule has 0 radical (unpaired) electrons. The lowest BCUT2D eigenvalue weighted by Gasteiger charge is -2.19. The Labute approximate surface area is 178 Å². The molecule has 1 aliphatic carbocycles. The minimum atomic E-state index is -0.112. The van der Waals surface area contributed by atoms with Gasteiger partial charge in [0.25, 0.3) is 0 Å². The van der Waals surface area contributed by atoms with Gasteiger partial charge in [0.05, 0.1) is 13.2 Å². The van der Waals surface area contributed by atoms with Crippen molar-refractivity contribution >= 4 is 29.9 Å². The Morgan fingerprint density at radius 1 is 1.33 bits per heavy atom. The Bertz CT molecular complexity index is 605. The molecule has 7 heteroatoms. The highest BCUT2D eigenvalue weighted by Crippen LogP contribution is 2.48. The summed E-state index contributed by atoms with van der Waals surface area (Å²) in [5.74, 6) is 1.21. The van der Waals surface area contributed by atoms with Gasteiger partial charge in [0.2, 0.25) is 0 Å². The molecule has 1 aromatic carbocycles. The fourth-order valence-corrected chi connectivity index (χ4v) is 3.40. The van der Waals surface area contributed by atoms with Crippen LogP contribution >= 0.6 is 24.0 Å². The van der Waals surface area contributed by atoms with Crippen molar-refractivity contribution in [1.82, 2.24) is 10.6 Å². The molecule has 2 aliphatic rings. The van der Waals surface area contributed by atoms with Crippen LogP contribution in [0.5, 0.6) is 0 Å². The van der Waals surface area contributed by atoms with E-state index >= 15 is 0 Å². The summed E-state index contributed by atoms with van der Waals surface area (Å²) in [6.07, 6.45) is 4.05. The summed E-state index contributed by atoms with van der Waals surface area (Å²) in [5.41, 5.74) is 0.724. The van der Waals surface area contributed by atoms with Gasteiger partial charge in [-0.25, -0.2) is 4.39 Å². The first-order valence-electron chi connectivity index (χ1n) is 9.58. The lowest BCUT2D eigenvalue weighted by atomic mass is 9.95. The third-order valence-corrected chi connectivity index (χ3v) is 5.25. The van der Waals surface area contributed by atoms with E-state index in [2.05, 4.69) is 15.6 Å². The van der Waals surface area contributed by atoms with Crippen molar-refractivity contribution in [2.45, 2.75) is 31.1 Å². The summed E-state index contributed by atoms with van der Waals surface area (Å²) in [6, 6.07) is 7.08. The summed E-state index contributed by atoms with van der Waals surface area (Å²) >= 11 is 0. The Morgan fingerprint density at radius 2 is 2.15 bits per heavy atom. The number of rotatable bonds is 9. The molecular weight excluding hydrogens is 460 g/mol. The predicted octanol–water partition coefficient (Wildman–Crippen LogP) is 3.08. The molecule has 1 aliphatic heterocycles. The van der Waals surface area contributed by atoms with E-state index in [0.29, 0.717) is 12.5 Å². The van der Waals surface area contributed by atoms with Crippen molar-refractivity contribution in [2.75, 3.05) is 46.6 Å². The summed E-state index contributed by atoms with van der Waals surface area (Å²) in [5, 5.41) is 6.65. The van der Waals surface area contributed by atoms with Crippen molar-refractivity contribution in [3.63, 3.8) is 0 Å². The van der Waals surface area contributed by atoms with Crippen LogP contribution in [0.25, 0.3) is 0 Å². The highest BCUT2D eigenvalue weighted by molar-refractivity contribution is 14.0. The average Bonchev–Trinajstić information content (AvgIpc) is 3.26. The summed E-state index contributed by atoms with van der Waals surface area (Å²) in [6.45, 7) is 4.72. The Balaban J connectivity index is 0.00000261. The number of ether oxygens (including phenoxy) is 2. The zero-order valence-electron chi connectivity index (χ0n) is 16.0. The smallest absolute Gasteiger partial charge is 0.191 e. The van der Waals surface area contributed by atoms with Gasteiger partial charge in [-0.15, -0.1) is 24.0 Å². The Morgan fingerprint density at radius 3 is 2.81 bits per heavy atom. The molecule has 1 atom stereocenters. The van der Waals surface area contributed by atoms with Gasteiger partial charge in [0.15, 0.2) is 5.96 Å². The third-order valence-electron chi connectivity index (χ3n) is 5.25. The van der Waals surface area contributed by atoms with E-state index in [4.69, 9.17) is 9.47 Å². The van der Waals surface area contributed by atoms with Crippen LogP contribution in [-0.4, -0.2) is 52.5 Å². The fraction of sp³-hybridized carbons (Fsp3) is 0.650. The molecular formula is C20H31FIN3O2. The molecule has 2 fully saturated rings. The second kappa shape index (κ2) is 11.2. The first-order valence-corrected chi connectivity index (χ1v) is 9.58. The minimum absolute atomic E-state index is 0. The molecule has 0 spiro atoms. The lowest BCUT2D eigenvalue weighted by molar-refractivity contribution is 0.0888. The highest BCUT2D eigenvalue weighted by atomic mass is 127. The first kappa shape index (κ1) is 22.4. The van der Waals surface area contributed by atoms with Crippen LogP contribution in [0.1, 0.15) is 31.2 Å². The summed E-state index contributed by atoms with van der Waals surface area (Å²) in [4.78, 5) is 4.26. The molecule has 1 saturated carbocycles. The molecule has 2 N–H and O–H groups in total. The maximum absolute atomic E-state index is 14.1. The number of nitrogens with one attached hydrogen (secondary N) is 2. The van der Waals surface area contributed by atoms with Crippen LogP contribution in [0.3, 0.4) is 0 Å². The van der Waals surface area contributed by atoms with E-state index < -0.39 is 0 Å². The average molecular weight is 491 g/mol. The number of halogens is 2. The van der Waals surface area contributed by atoms with Gasteiger partial charge < -0.3 is 20.1 Å². The lowest BCUT2D eigenvalue weighted by Crippen LogP contribution is -2.42. The van der Waals surface area contributed by atoms with Gasteiger partial charge in [-0.2, -0.15) is 0 Å². The second-order valence-electron chi connectivity index (χ2n) is 7.27. The number of aliphatic imine (C=N–C) groups is 1. The van der Waals surface area contributed by atoms with E-state index in [1.54, 1.807) is 19.2 Å². The van der Waals surface area contributed by atoms with Crippen molar-refractivity contribution in [2.24, 2.45) is 10.9 Å². The summed E-state index contributed by atoms with van der Waals surface area (Å²) in [7, 11) is 1.76. The molecule has 1 heterocycles. The molecule has 0 amide bonds. The quantitative estimate of drug-likeness (QED) is 0.241. The number of hydrogen-bond acceptors (Lipinski definition) is 3. The van der Waals surface area contributed by atoms with E-state index in [1.165, 1.54) is 0 Å². The standard InChI is InChI=1S/C20H30FN3O2.HI/c1-22-19(23-10-4-11-25-13-16-7-12-26-14-16)24-15-20(8-9-20)17-5-2-3-6-18(17)21;/h2-3,5-6,16H,4,7-15H2,1H3,(H2,22,23,24);1H. The second-order valence-corrected chi connectivity index (χ2v) is 7.27. The van der Waals surface area contributed by atoms with Crippen LogP contribution in [0.2, 0.25) is 0 Å². The molecule has 3 rings (SSSR count). The molecule has 5 nitrogen and oxygen atoms in total. The van der Waals surface area contributed by atoms with Gasteiger partial charge in [-0.05, 0) is 37.3 Å². The van der Waals surface area contributed by atoms with E-state index in [0.717, 1.165) is 70.2 Å². The molecule has 0 aromatic heterocycles. The largest absolute Gasteiger partial charge is 0.381 e. The van der Waals surface area contributed by atoms with Crippen LogP contribution in [0, 0.1) is 11.7 Å². The van der Waals surface area contributed by atoms with Crippen molar-refractivity contribution in [3.05, 3.63) is 35.6 Å². The van der Waals surface area contributed by atoms with Crippen LogP contribution in [0.4, 0.5) is 4.39 Å². The molecule has 152 valence electrons. The van der Waals surface area contributed by atoms with Gasteiger partial charge in [-0.1, -0.05) is 18.2 Å². The fourth-order valence-electron chi connectivity index (χ4n) is 3.40. The number of hydrogen-bond donors (Lipinski definition) is 2. The number of nitrogens with zero attached hydrogens (tertiary/aromatic N) is 1. The predicted molar refractivity (Wildman–Crippen MR) is 116 cm³/mol. The van der Waals surface area contributed by atoms with Crippen molar-refractivity contribution < 1.29 is 13.9 Å².